The summed E-state index contributed by atoms with van der Waals surface area (Å²) in [7, 11) is 0. The first-order chi connectivity index (χ1) is 6.95. The molecule has 0 rings (SSSR count). The molecule has 4 nitrogen and oxygen atoms in total. The van der Waals surface area contributed by atoms with Crippen LogP contribution in [0.4, 0.5) is 0 Å². The zero-order valence-electron chi connectivity index (χ0n) is 8.36. The lowest BCUT2D eigenvalue weighted by Gasteiger charge is -2.01. The van der Waals surface area contributed by atoms with Crippen molar-refractivity contribution in [1.29, 1.82) is 0 Å². The predicted octanol–water partition coefficient (Wildman–Crippen LogP) is 1.78. The summed E-state index contributed by atoms with van der Waals surface area (Å²) in [5, 5.41) is 17.0. The van der Waals surface area contributed by atoms with Crippen LogP contribution in [0, 0.1) is 0 Å². The quantitative estimate of drug-likeness (QED) is 0.491. The van der Waals surface area contributed by atoms with Crippen molar-refractivity contribution in [2.45, 2.75) is 12.8 Å². The van der Waals surface area contributed by atoms with Crippen LogP contribution in [-0.4, -0.2) is 33.7 Å². The van der Waals surface area contributed by atoms with Gasteiger partial charge in [-0.1, -0.05) is 13.2 Å². The van der Waals surface area contributed by atoms with Crippen molar-refractivity contribution < 1.29 is 19.8 Å². The molecule has 0 aromatic heterocycles. The molecule has 0 aliphatic rings. The van der Waals surface area contributed by atoms with Crippen LogP contribution in [0.1, 0.15) is 12.8 Å². The van der Waals surface area contributed by atoms with E-state index in [1.807, 2.05) is 0 Å². The van der Waals surface area contributed by atoms with Gasteiger partial charge in [0, 0.05) is 11.1 Å². The lowest BCUT2D eigenvalue weighted by atomic mass is 10.2. The third kappa shape index (κ3) is 6.79. The van der Waals surface area contributed by atoms with Gasteiger partial charge < -0.3 is 10.2 Å². The summed E-state index contributed by atoms with van der Waals surface area (Å²) in [6.45, 7) is 6.78. The molecular weight excluding hydrogens is 216 g/mol. The van der Waals surface area contributed by atoms with Crippen molar-refractivity contribution in [2.24, 2.45) is 0 Å². The van der Waals surface area contributed by atoms with E-state index in [0.29, 0.717) is 24.3 Å². The molecule has 2 N–H and O–H groups in total. The highest BCUT2D eigenvalue weighted by Crippen LogP contribution is 2.11. The molecule has 0 radical (unpaired) electrons. The first-order valence-electron chi connectivity index (χ1n) is 4.35. The number of hydrogen-bond acceptors (Lipinski definition) is 3. The van der Waals surface area contributed by atoms with Crippen LogP contribution in [0.5, 0.6) is 0 Å². The Morgan fingerprint density at radius 3 is 1.53 bits per heavy atom. The second kappa shape index (κ2) is 7.11. The Bertz CT molecular complexity index is 255. The number of carboxylic acid groups (broad SMARTS) is 2. The topological polar surface area (TPSA) is 74.6 Å². The summed E-state index contributed by atoms with van der Waals surface area (Å²) < 4.78 is 0. The number of rotatable bonds is 8. The fraction of sp³-hybridized carbons (Fsp3) is 0.400. The van der Waals surface area contributed by atoms with Crippen LogP contribution in [0.3, 0.4) is 0 Å². The SMILES string of the molecule is C=C(CCSCCC(=C)C(=O)O)C(=O)O. The van der Waals surface area contributed by atoms with E-state index in [-0.39, 0.29) is 11.1 Å². The standard InChI is InChI=1S/C10H14O4S/c1-7(9(11)12)3-5-15-6-4-8(2)10(13)14/h1-6H2,(H,11,12)(H,13,14). The molecule has 0 atom stereocenters. The molecular formula is C10H14O4S. The Morgan fingerprint density at radius 2 is 1.27 bits per heavy atom. The number of hydrogen-bond donors (Lipinski definition) is 2. The van der Waals surface area contributed by atoms with E-state index in [2.05, 4.69) is 13.2 Å². The number of carboxylic acids is 2. The molecule has 5 heteroatoms. The van der Waals surface area contributed by atoms with Gasteiger partial charge in [-0.05, 0) is 24.3 Å². The normalized spacial score (nSPS) is 9.60. The molecule has 0 saturated heterocycles. The van der Waals surface area contributed by atoms with Crippen LogP contribution in [-0.2, 0) is 9.59 Å². The molecule has 0 aliphatic heterocycles. The fourth-order valence-corrected chi connectivity index (χ4v) is 1.69. The Labute approximate surface area is 92.7 Å². The molecule has 0 unspecified atom stereocenters. The predicted molar refractivity (Wildman–Crippen MR) is 60.1 cm³/mol. The van der Waals surface area contributed by atoms with Crippen molar-refractivity contribution in [2.75, 3.05) is 11.5 Å². The van der Waals surface area contributed by atoms with Crippen molar-refractivity contribution in [1.82, 2.24) is 0 Å². The van der Waals surface area contributed by atoms with Gasteiger partial charge in [0.05, 0.1) is 0 Å². The van der Waals surface area contributed by atoms with Crippen LogP contribution >= 0.6 is 11.8 Å². The van der Waals surface area contributed by atoms with E-state index in [1.54, 1.807) is 0 Å². The summed E-state index contributed by atoms with van der Waals surface area (Å²) in [5.74, 6) is -0.688. The van der Waals surface area contributed by atoms with E-state index in [9.17, 15) is 9.59 Å². The van der Waals surface area contributed by atoms with Gasteiger partial charge in [-0.2, -0.15) is 11.8 Å². The summed E-state index contributed by atoms with van der Waals surface area (Å²) >= 11 is 1.50. The minimum Gasteiger partial charge on any atom is -0.478 e. The van der Waals surface area contributed by atoms with E-state index < -0.39 is 11.9 Å². The number of thioether (sulfide) groups is 1. The van der Waals surface area contributed by atoms with Crippen LogP contribution in [0.25, 0.3) is 0 Å². The highest BCUT2D eigenvalue weighted by molar-refractivity contribution is 7.99. The average Bonchev–Trinajstić information content (AvgIpc) is 2.16. The Morgan fingerprint density at radius 1 is 0.933 bits per heavy atom. The highest BCUT2D eigenvalue weighted by Gasteiger charge is 2.05. The van der Waals surface area contributed by atoms with Crippen molar-refractivity contribution in [3.8, 4) is 0 Å². The zero-order valence-corrected chi connectivity index (χ0v) is 9.18. The van der Waals surface area contributed by atoms with E-state index in [0.717, 1.165) is 0 Å². The van der Waals surface area contributed by atoms with E-state index in [1.165, 1.54) is 11.8 Å². The van der Waals surface area contributed by atoms with Gasteiger partial charge in [-0.25, -0.2) is 9.59 Å². The minimum atomic E-state index is -0.981. The van der Waals surface area contributed by atoms with E-state index >= 15 is 0 Å². The smallest absolute Gasteiger partial charge is 0.330 e. The van der Waals surface area contributed by atoms with Crippen LogP contribution in [0.15, 0.2) is 24.3 Å². The van der Waals surface area contributed by atoms with Gasteiger partial charge in [0.15, 0.2) is 0 Å². The molecule has 0 saturated carbocycles. The molecule has 0 aromatic rings. The van der Waals surface area contributed by atoms with Crippen LogP contribution < -0.4 is 0 Å². The Hall–Kier alpha value is -1.23. The second-order valence-electron chi connectivity index (χ2n) is 2.93. The maximum Gasteiger partial charge on any atom is 0.330 e. The molecule has 0 spiro atoms. The molecule has 0 heterocycles. The van der Waals surface area contributed by atoms with Crippen molar-refractivity contribution >= 4 is 23.7 Å². The average molecular weight is 230 g/mol. The summed E-state index contributed by atoms with van der Waals surface area (Å²) in [6.07, 6.45) is 0.832. The fourth-order valence-electron chi connectivity index (χ4n) is 0.707. The third-order valence-electron chi connectivity index (χ3n) is 1.70. The molecule has 15 heavy (non-hydrogen) atoms. The largest absolute Gasteiger partial charge is 0.478 e. The first kappa shape index (κ1) is 13.8. The monoisotopic (exact) mass is 230 g/mol. The molecule has 0 amide bonds. The van der Waals surface area contributed by atoms with Gasteiger partial charge in [0.2, 0.25) is 0 Å². The van der Waals surface area contributed by atoms with Gasteiger partial charge in [0.25, 0.3) is 0 Å². The van der Waals surface area contributed by atoms with Gasteiger partial charge in [-0.15, -0.1) is 0 Å². The summed E-state index contributed by atoms with van der Waals surface area (Å²) in [6, 6.07) is 0. The molecule has 0 aliphatic carbocycles. The molecule has 0 fully saturated rings. The first-order valence-corrected chi connectivity index (χ1v) is 5.50. The van der Waals surface area contributed by atoms with Gasteiger partial charge >= 0.3 is 11.9 Å². The summed E-state index contributed by atoms with van der Waals surface area (Å²) in [4.78, 5) is 20.7. The maximum atomic E-state index is 10.4. The Kier molecular flexibility index (Phi) is 6.53. The lowest BCUT2D eigenvalue weighted by Crippen LogP contribution is -2.02. The zero-order chi connectivity index (χ0) is 11.8. The molecule has 84 valence electrons. The lowest BCUT2D eigenvalue weighted by molar-refractivity contribution is -0.133. The number of carbonyl (C=O) groups is 2. The minimum absolute atomic E-state index is 0.180. The molecule has 0 bridgehead atoms. The van der Waals surface area contributed by atoms with E-state index in [4.69, 9.17) is 10.2 Å². The van der Waals surface area contributed by atoms with Crippen molar-refractivity contribution in [3.05, 3.63) is 24.3 Å². The third-order valence-corrected chi connectivity index (χ3v) is 2.69. The van der Waals surface area contributed by atoms with Crippen molar-refractivity contribution in [3.63, 3.8) is 0 Å². The van der Waals surface area contributed by atoms with Gasteiger partial charge in [-0.3, -0.25) is 0 Å². The number of aliphatic carboxylic acids is 2. The second-order valence-corrected chi connectivity index (χ2v) is 4.15. The maximum absolute atomic E-state index is 10.4. The summed E-state index contributed by atoms with van der Waals surface area (Å²) in [5.41, 5.74) is 0.360. The highest BCUT2D eigenvalue weighted by atomic mass is 32.2. The van der Waals surface area contributed by atoms with Crippen LogP contribution in [0.2, 0.25) is 0 Å². The Balaban J connectivity index is 3.48. The molecule has 0 aromatic carbocycles. The van der Waals surface area contributed by atoms with Gasteiger partial charge in [0.1, 0.15) is 0 Å².